The molecule has 1 amide bonds. The summed E-state index contributed by atoms with van der Waals surface area (Å²) in [5.41, 5.74) is 0. The second-order valence-electron chi connectivity index (χ2n) is 7.30. The summed E-state index contributed by atoms with van der Waals surface area (Å²) in [7, 11) is 0. The minimum absolute atomic E-state index is 0.353. The third kappa shape index (κ3) is 5.16. The average Bonchev–Trinajstić information content (AvgIpc) is 2.58. The topological polar surface area (TPSA) is 36.0 Å². The number of piperidine rings is 1. The van der Waals surface area contributed by atoms with Crippen molar-refractivity contribution in [3.63, 3.8) is 0 Å². The van der Waals surface area contributed by atoms with Gasteiger partial charge in [-0.1, -0.05) is 19.3 Å². The van der Waals surface area contributed by atoms with E-state index < -0.39 is 0 Å². The first-order valence-corrected chi connectivity index (χ1v) is 9.65. The molecule has 0 unspecified atom stereocenters. The van der Waals surface area contributed by atoms with Gasteiger partial charge in [-0.15, -0.1) is 0 Å². The zero-order valence-corrected chi connectivity index (χ0v) is 14.5. The second kappa shape index (κ2) is 9.00. The molecular weight excluding hydrogens is 290 g/mol. The first-order valence-electron chi connectivity index (χ1n) is 9.65. The van der Waals surface area contributed by atoms with Gasteiger partial charge in [0.1, 0.15) is 0 Å². The summed E-state index contributed by atoms with van der Waals surface area (Å²) in [5, 5.41) is 0. The third-order valence-electron chi connectivity index (χ3n) is 5.69. The Hall–Kier alpha value is -0.650. The maximum atomic E-state index is 12.6. The molecule has 0 aromatic heterocycles. The van der Waals surface area contributed by atoms with Crippen molar-refractivity contribution in [1.29, 1.82) is 0 Å². The smallest absolute Gasteiger partial charge is 0.236 e. The van der Waals surface area contributed by atoms with Gasteiger partial charge in [-0.2, -0.15) is 0 Å². The summed E-state index contributed by atoms with van der Waals surface area (Å²) < 4.78 is 5.44. The predicted molar refractivity (Wildman–Crippen MR) is 91.5 cm³/mol. The van der Waals surface area contributed by atoms with Gasteiger partial charge in [-0.05, 0) is 38.8 Å². The number of amides is 1. The molecule has 0 aromatic rings. The van der Waals surface area contributed by atoms with E-state index in [-0.39, 0.29) is 0 Å². The Bertz CT molecular complexity index is 355. The largest absolute Gasteiger partial charge is 0.379 e. The summed E-state index contributed by atoms with van der Waals surface area (Å²) in [6, 6.07) is 0.657. The molecule has 132 valence electrons. The molecule has 0 N–H and O–H groups in total. The van der Waals surface area contributed by atoms with E-state index in [9.17, 15) is 4.79 Å². The van der Waals surface area contributed by atoms with Crippen LogP contribution < -0.4 is 0 Å². The maximum Gasteiger partial charge on any atom is 0.236 e. The van der Waals surface area contributed by atoms with E-state index >= 15 is 0 Å². The molecule has 3 aliphatic heterocycles. The molecule has 5 heteroatoms. The SMILES string of the molecule is O=C(CN1CCCCCCC1)N1CCC(N2CCOCC2)CC1. The number of hydrogen-bond acceptors (Lipinski definition) is 4. The van der Waals surface area contributed by atoms with E-state index in [1.807, 2.05) is 0 Å². The fraction of sp³-hybridized carbons (Fsp3) is 0.944. The Morgan fingerprint density at radius 3 is 2.09 bits per heavy atom. The van der Waals surface area contributed by atoms with Crippen LogP contribution in [0.1, 0.15) is 44.9 Å². The van der Waals surface area contributed by atoms with Crippen LogP contribution in [0.15, 0.2) is 0 Å². The Labute approximate surface area is 140 Å². The van der Waals surface area contributed by atoms with Crippen LogP contribution in [0.25, 0.3) is 0 Å². The van der Waals surface area contributed by atoms with Crippen molar-refractivity contribution in [3.05, 3.63) is 0 Å². The molecule has 0 bridgehead atoms. The van der Waals surface area contributed by atoms with Crippen LogP contribution >= 0.6 is 0 Å². The molecule has 3 aliphatic rings. The van der Waals surface area contributed by atoms with Gasteiger partial charge in [-0.3, -0.25) is 14.6 Å². The van der Waals surface area contributed by atoms with Crippen molar-refractivity contribution < 1.29 is 9.53 Å². The predicted octanol–water partition coefficient (Wildman–Crippen LogP) is 1.58. The first-order chi connectivity index (χ1) is 11.3. The van der Waals surface area contributed by atoms with Crippen molar-refractivity contribution in [2.45, 2.75) is 51.0 Å². The number of carbonyl (C=O) groups excluding carboxylic acids is 1. The second-order valence-corrected chi connectivity index (χ2v) is 7.30. The summed E-state index contributed by atoms with van der Waals surface area (Å²) in [4.78, 5) is 19.6. The zero-order valence-electron chi connectivity index (χ0n) is 14.5. The van der Waals surface area contributed by atoms with Crippen LogP contribution in [-0.2, 0) is 9.53 Å². The van der Waals surface area contributed by atoms with Crippen LogP contribution in [-0.4, -0.2) is 85.7 Å². The van der Waals surface area contributed by atoms with E-state index in [0.717, 1.165) is 65.3 Å². The van der Waals surface area contributed by atoms with Crippen LogP contribution in [0.5, 0.6) is 0 Å². The number of hydrogen-bond donors (Lipinski definition) is 0. The molecule has 3 rings (SSSR count). The number of carbonyl (C=O) groups is 1. The summed E-state index contributed by atoms with van der Waals surface area (Å²) in [5.74, 6) is 0.353. The summed E-state index contributed by atoms with van der Waals surface area (Å²) in [6.07, 6.45) is 8.80. The summed E-state index contributed by atoms with van der Waals surface area (Å²) >= 11 is 0. The van der Waals surface area contributed by atoms with Crippen molar-refractivity contribution in [2.24, 2.45) is 0 Å². The van der Waals surface area contributed by atoms with Crippen molar-refractivity contribution in [3.8, 4) is 0 Å². The molecule has 0 aromatic carbocycles. The van der Waals surface area contributed by atoms with E-state index in [0.29, 0.717) is 18.5 Å². The lowest BCUT2D eigenvalue weighted by Crippen LogP contribution is -2.51. The number of morpholine rings is 1. The number of ether oxygens (including phenoxy) is 1. The highest BCUT2D eigenvalue weighted by atomic mass is 16.5. The fourth-order valence-corrected chi connectivity index (χ4v) is 4.19. The molecule has 0 aliphatic carbocycles. The molecule has 0 spiro atoms. The molecule has 3 fully saturated rings. The van der Waals surface area contributed by atoms with Gasteiger partial charge in [0.05, 0.1) is 19.8 Å². The van der Waals surface area contributed by atoms with Crippen LogP contribution in [0, 0.1) is 0 Å². The molecule has 0 atom stereocenters. The number of likely N-dealkylation sites (tertiary alicyclic amines) is 2. The van der Waals surface area contributed by atoms with Gasteiger partial charge in [0, 0.05) is 32.2 Å². The summed E-state index contributed by atoms with van der Waals surface area (Å²) in [6.45, 7) is 8.60. The normalized spacial score (nSPS) is 26.7. The van der Waals surface area contributed by atoms with Gasteiger partial charge in [0.25, 0.3) is 0 Å². The van der Waals surface area contributed by atoms with E-state index in [1.54, 1.807) is 0 Å². The van der Waals surface area contributed by atoms with Gasteiger partial charge in [-0.25, -0.2) is 0 Å². The van der Waals surface area contributed by atoms with E-state index in [4.69, 9.17) is 4.74 Å². The van der Waals surface area contributed by atoms with Gasteiger partial charge in [0.15, 0.2) is 0 Å². The van der Waals surface area contributed by atoms with Crippen LogP contribution in [0.4, 0.5) is 0 Å². The van der Waals surface area contributed by atoms with Crippen molar-refractivity contribution in [1.82, 2.24) is 14.7 Å². The third-order valence-corrected chi connectivity index (χ3v) is 5.69. The van der Waals surface area contributed by atoms with Gasteiger partial charge in [0.2, 0.25) is 5.91 Å². The molecule has 23 heavy (non-hydrogen) atoms. The highest BCUT2D eigenvalue weighted by Gasteiger charge is 2.28. The van der Waals surface area contributed by atoms with Crippen LogP contribution in [0.3, 0.4) is 0 Å². The van der Waals surface area contributed by atoms with Crippen molar-refractivity contribution in [2.75, 3.05) is 59.0 Å². The molecular formula is C18H33N3O2. The lowest BCUT2D eigenvalue weighted by Gasteiger charge is -2.40. The Kier molecular flexibility index (Phi) is 6.72. The molecule has 3 heterocycles. The lowest BCUT2D eigenvalue weighted by atomic mass is 10.0. The minimum atomic E-state index is 0.353. The highest BCUT2D eigenvalue weighted by molar-refractivity contribution is 5.78. The fourth-order valence-electron chi connectivity index (χ4n) is 4.19. The number of rotatable bonds is 3. The molecule has 3 saturated heterocycles. The quantitative estimate of drug-likeness (QED) is 0.790. The van der Waals surface area contributed by atoms with Gasteiger partial charge >= 0.3 is 0 Å². The highest BCUT2D eigenvalue weighted by Crippen LogP contribution is 2.18. The van der Waals surface area contributed by atoms with E-state index in [2.05, 4.69) is 14.7 Å². The van der Waals surface area contributed by atoms with E-state index in [1.165, 1.54) is 32.1 Å². The Morgan fingerprint density at radius 2 is 1.43 bits per heavy atom. The average molecular weight is 323 g/mol. The minimum Gasteiger partial charge on any atom is -0.379 e. The maximum absolute atomic E-state index is 12.6. The zero-order chi connectivity index (χ0) is 15.9. The Morgan fingerprint density at radius 1 is 0.826 bits per heavy atom. The monoisotopic (exact) mass is 323 g/mol. The molecule has 5 nitrogen and oxygen atoms in total. The molecule has 0 radical (unpaired) electrons. The molecule has 0 saturated carbocycles. The lowest BCUT2D eigenvalue weighted by molar-refractivity contribution is -0.134. The van der Waals surface area contributed by atoms with Crippen molar-refractivity contribution >= 4 is 5.91 Å². The number of nitrogens with zero attached hydrogens (tertiary/aromatic N) is 3. The van der Waals surface area contributed by atoms with Gasteiger partial charge < -0.3 is 9.64 Å². The Balaban J connectivity index is 1.40. The van der Waals surface area contributed by atoms with Crippen LogP contribution in [0.2, 0.25) is 0 Å². The first kappa shape index (κ1) is 17.2. The standard InChI is InChI=1S/C18H33N3O2/c22-18(16-19-8-4-2-1-3-5-9-19)21-10-6-17(7-11-21)20-12-14-23-15-13-20/h17H,1-16H2.